The molecule has 17 heavy (non-hydrogen) atoms. The monoisotopic (exact) mass is 235 g/mol. The Bertz CT molecular complexity index is 476. The fourth-order valence-electron chi connectivity index (χ4n) is 1.90. The topological polar surface area (TPSA) is 120 Å². The van der Waals surface area contributed by atoms with Crippen molar-refractivity contribution in [2.45, 2.75) is 12.5 Å². The van der Waals surface area contributed by atoms with E-state index < -0.39 is 5.91 Å². The Kier molecular flexibility index (Phi) is 2.97. The number of hydrogen-bond acceptors (Lipinski definition) is 5. The Hall–Kier alpha value is -2.07. The second kappa shape index (κ2) is 4.43. The summed E-state index contributed by atoms with van der Waals surface area (Å²) < 4.78 is 6.81. The molecule has 1 amide bonds. The van der Waals surface area contributed by atoms with Crippen molar-refractivity contribution in [2.24, 2.45) is 11.7 Å². The first kappa shape index (κ1) is 11.4. The fraction of sp³-hybridized carbons (Fsp3) is 0.500. The van der Waals surface area contributed by atoms with E-state index in [1.54, 1.807) is 0 Å². The van der Waals surface area contributed by atoms with Gasteiger partial charge in [-0.1, -0.05) is 0 Å². The summed E-state index contributed by atoms with van der Waals surface area (Å²) in [7, 11) is 0. The number of aromatic nitrogens is 2. The van der Waals surface area contributed by atoms with Crippen molar-refractivity contribution in [1.29, 1.82) is 5.26 Å². The Morgan fingerprint density at radius 2 is 2.47 bits per heavy atom. The maximum atomic E-state index is 11.1. The SMILES string of the molecule is N#CC1CCOCC1n1cc(C(N)=O)c(N)n1. The molecule has 0 aliphatic carbocycles. The van der Waals surface area contributed by atoms with Crippen LogP contribution in [0.5, 0.6) is 0 Å². The van der Waals surface area contributed by atoms with Gasteiger partial charge in [-0.2, -0.15) is 10.4 Å². The fourth-order valence-corrected chi connectivity index (χ4v) is 1.90. The largest absolute Gasteiger partial charge is 0.382 e. The number of nitriles is 1. The second-order valence-electron chi connectivity index (χ2n) is 3.94. The summed E-state index contributed by atoms with van der Waals surface area (Å²) >= 11 is 0. The van der Waals surface area contributed by atoms with E-state index in [1.807, 2.05) is 0 Å². The van der Waals surface area contributed by atoms with Gasteiger partial charge in [0.25, 0.3) is 5.91 Å². The van der Waals surface area contributed by atoms with Gasteiger partial charge in [0.05, 0.1) is 24.6 Å². The smallest absolute Gasteiger partial charge is 0.254 e. The zero-order valence-electron chi connectivity index (χ0n) is 9.17. The van der Waals surface area contributed by atoms with Crippen LogP contribution >= 0.6 is 0 Å². The summed E-state index contributed by atoms with van der Waals surface area (Å²) in [5.41, 5.74) is 10.9. The molecule has 0 radical (unpaired) electrons. The minimum atomic E-state index is -0.626. The number of nitrogens with zero attached hydrogens (tertiary/aromatic N) is 3. The van der Waals surface area contributed by atoms with Crippen molar-refractivity contribution in [3.8, 4) is 6.07 Å². The van der Waals surface area contributed by atoms with Crippen molar-refractivity contribution in [2.75, 3.05) is 18.9 Å². The van der Waals surface area contributed by atoms with E-state index in [0.29, 0.717) is 19.6 Å². The lowest BCUT2D eigenvalue weighted by atomic mass is 9.97. The minimum absolute atomic E-state index is 0.0831. The molecule has 7 nitrogen and oxygen atoms in total. The van der Waals surface area contributed by atoms with Crippen LogP contribution in [-0.4, -0.2) is 28.9 Å². The summed E-state index contributed by atoms with van der Waals surface area (Å²) in [5, 5.41) is 13.1. The molecule has 0 spiro atoms. The Morgan fingerprint density at radius 1 is 1.71 bits per heavy atom. The summed E-state index contributed by atoms with van der Waals surface area (Å²) in [4.78, 5) is 11.1. The summed E-state index contributed by atoms with van der Waals surface area (Å²) in [6.07, 6.45) is 2.12. The van der Waals surface area contributed by atoms with Gasteiger partial charge in [-0.15, -0.1) is 0 Å². The van der Waals surface area contributed by atoms with Crippen LogP contribution in [0.1, 0.15) is 22.8 Å². The molecule has 2 unspecified atom stereocenters. The van der Waals surface area contributed by atoms with Gasteiger partial charge >= 0.3 is 0 Å². The highest BCUT2D eigenvalue weighted by Gasteiger charge is 2.29. The van der Waals surface area contributed by atoms with Crippen molar-refractivity contribution in [3.05, 3.63) is 11.8 Å². The van der Waals surface area contributed by atoms with Crippen molar-refractivity contribution < 1.29 is 9.53 Å². The Labute approximate surface area is 97.9 Å². The first-order chi connectivity index (χ1) is 8.13. The Balaban J connectivity index is 2.30. The van der Waals surface area contributed by atoms with Crippen LogP contribution in [0.3, 0.4) is 0 Å². The van der Waals surface area contributed by atoms with E-state index in [-0.39, 0.29) is 23.3 Å². The molecule has 0 aromatic carbocycles. The second-order valence-corrected chi connectivity index (χ2v) is 3.94. The number of ether oxygens (including phenoxy) is 1. The van der Waals surface area contributed by atoms with Gasteiger partial charge < -0.3 is 16.2 Å². The summed E-state index contributed by atoms with van der Waals surface area (Å²) in [5.74, 6) is -0.734. The number of nitrogens with two attached hydrogens (primary N) is 2. The molecule has 7 heteroatoms. The van der Waals surface area contributed by atoms with Crippen molar-refractivity contribution in [3.63, 3.8) is 0 Å². The number of primary amides is 1. The average molecular weight is 235 g/mol. The van der Waals surface area contributed by atoms with Gasteiger partial charge in [0, 0.05) is 12.8 Å². The molecular weight excluding hydrogens is 222 g/mol. The number of nitrogen functional groups attached to an aromatic ring is 1. The molecule has 1 aliphatic heterocycles. The van der Waals surface area contributed by atoms with E-state index in [2.05, 4.69) is 11.2 Å². The van der Waals surface area contributed by atoms with Gasteiger partial charge in [-0.25, -0.2) is 0 Å². The van der Waals surface area contributed by atoms with E-state index >= 15 is 0 Å². The van der Waals surface area contributed by atoms with Gasteiger partial charge in [0.15, 0.2) is 5.82 Å². The lowest BCUT2D eigenvalue weighted by molar-refractivity contribution is 0.0342. The molecule has 2 rings (SSSR count). The number of carbonyl (C=O) groups excluding carboxylic acids is 1. The zero-order valence-corrected chi connectivity index (χ0v) is 9.17. The van der Waals surface area contributed by atoms with Gasteiger partial charge in [-0.05, 0) is 6.42 Å². The van der Waals surface area contributed by atoms with Crippen LogP contribution < -0.4 is 11.5 Å². The first-order valence-electron chi connectivity index (χ1n) is 5.25. The molecule has 0 saturated carbocycles. The average Bonchev–Trinajstić information content (AvgIpc) is 2.71. The number of anilines is 1. The van der Waals surface area contributed by atoms with E-state index in [9.17, 15) is 4.79 Å². The predicted molar refractivity (Wildman–Crippen MR) is 58.7 cm³/mol. The van der Waals surface area contributed by atoms with Crippen LogP contribution in [0.4, 0.5) is 5.82 Å². The maximum absolute atomic E-state index is 11.1. The van der Waals surface area contributed by atoms with Gasteiger partial charge in [-0.3, -0.25) is 9.48 Å². The number of carbonyl (C=O) groups is 1. The first-order valence-corrected chi connectivity index (χ1v) is 5.25. The Morgan fingerprint density at radius 3 is 3.06 bits per heavy atom. The van der Waals surface area contributed by atoms with Crippen LogP contribution in [-0.2, 0) is 4.74 Å². The molecule has 90 valence electrons. The molecule has 1 aliphatic rings. The summed E-state index contributed by atoms with van der Waals surface area (Å²) in [6.45, 7) is 0.950. The molecule has 1 fully saturated rings. The third kappa shape index (κ3) is 2.07. The molecule has 4 N–H and O–H groups in total. The van der Waals surface area contributed by atoms with Crippen LogP contribution in [0, 0.1) is 17.2 Å². The maximum Gasteiger partial charge on any atom is 0.254 e. The quantitative estimate of drug-likeness (QED) is 0.726. The highest BCUT2D eigenvalue weighted by molar-refractivity contribution is 5.96. The van der Waals surface area contributed by atoms with Gasteiger partial charge in [0.1, 0.15) is 5.56 Å². The molecule has 2 atom stereocenters. The zero-order chi connectivity index (χ0) is 12.4. The molecular formula is C10H13N5O2. The molecule has 1 aromatic heterocycles. The molecule has 1 aromatic rings. The summed E-state index contributed by atoms with van der Waals surface area (Å²) in [6, 6.07) is 1.99. The minimum Gasteiger partial charge on any atom is -0.382 e. The predicted octanol–water partition coefficient (Wildman–Crippen LogP) is -0.335. The van der Waals surface area contributed by atoms with E-state index in [1.165, 1.54) is 10.9 Å². The van der Waals surface area contributed by atoms with Crippen molar-refractivity contribution >= 4 is 11.7 Å². The number of rotatable bonds is 2. The highest BCUT2D eigenvalue weighted by atomic mass is 16.5. The lowest BCUT2D eigenvalue weighted by Crippen LogP contribution is -2.29. The highest BCUT2D eigenvalue weighted by Crippen LogP contribution is 2.26. The standard InChI is InChI=1S/C10H13N5O2/c11-3-6-1-2-17-5-8(6)15-4-7(10(13)16)9(12)14-15/h4,6,8H,1-2,5H2,(H2,12,14)(H2,13,16). The van der Waals surface area contributed by atoms with Crippen molar-refractivity contribution in [1.82, 2.24) is 9.78 Å². The number of hydrogen-bond donors (Lipinski definition) is 2. The third-order valence-electron chi connectivity index (χ3n) is 2.86. The lowest BCUT2D eigenvalue weighted by Gasteiger charge is -2.26. The molecule has 1 saturated heterocycles. The van der Waals surface area contributed by atoms with Crippen LogP contribution in [0.2, 0.25) is 0 Å². The van der Waals surface area contributed by atoms with Crippen LogP contribution in [0.15, 0.2) is 6.20 Å². The van der Waals surface area contributed by atoms with E-state index in [4.69, 9.17) is 21.5 Å². The third-order valence-corrected chi connectivity index (χ3v) is 2.86. The molecule has 0 bridgehead atoms. The van der Waals surface area contributed by atoms with E-state index in [0.717, 1.165) is 0 Å². The van der Waals surface area contributed by atoms with Crippen LogP contribution in [0.25, 0.3) is 0 Å². The number of amides is 1. The van der Waals surface area contributed by atoms with Gasteiger partial charge in [0.2, 0.25) is 0 Å². The normalized spacial score (nSPS) is 24.2. The molecule has 2 heterocycles.